The number of carbonyl (C=O) groups is 2. The van der Waals surface area contributed by atoms with Crippen LogP contribution in [-0.2, 0) is 14.3 Å². The van der Waals surface area contributed by atoms with E-state index in [1.807, 2.05) is 0 Å². The van der Waals surface area contributed by atoms with Crippen LogP contribution in [0.25, 0.3) is 0 Å². The predicted octanol–water partition coefficient (Wildman–Crippen LogP) is 1.56. The summed E-state index contributed by atoms with van der Waals surface area (Å²) in [7, 11) is 1.33. The molecule has 0 atom stereocenters. The van der Waals surface area contributed by atoms with Gasteiger partial charge in [0.05, 0.1) is 18.9 Å². The predicted molar refractivity (Wildman–Crippen MR) is 54.8 cm³/mol. The van der Waals surface area contributed by atoms with Crippen molar-refractivity contribution >= 4 is 11.9 Å². The third-order valence-electron chi connectivity index (χ3n) is 1.87. The number of esters is 2. The second-order valence-corrected chi connectivity index (χ2v) is 2.99. The van der Waals surface area contributed by atoms with Gasteiger partial charge in [-0.3, -0.25) is 0 Å². The van der Waals surface area contributed by atoms with Crippen molar-refractivity contribution in [2.45, 2.75) is 6.92 Å². The standard InChI is InChI=1S/C6H6O3.C5H6O2/c1-8-6(7)5-2-3-9-4-5;1-4-2-3-7-5(4)6/h2-4H,1H3;2H,3H2,1H3. The molecular formula is C11H12O5. The SMILES string of the molecule is CC1=CCOC1=O.COC(=O)c1ccoc1. The number of methoxy groups -OCH3 is 1. The molecule has 2 rings (SSSR count). The van der Waals surface area contributed by atoms with Crippen LogP contribution in [0.4, 0.5) is 0 Å². The third kappa shape index (κ3) is 3.27. The zero-order chi connectivity index (χ0) is 12.0. The molecule has 1 aromatic heterocycles. The van der Waals surface area contributed by atoms with E-state index in [1.54, 1.807) is 19.1 Å². The van der Waals surface area contributed by atoms with E-state index in [2.05, 4.69) is 13.9 Å². The van der Waals surface area contributed by atoms with Crippen molar-refractivity contribution in [2.75, 3.05) is 13.7 Å². The van der Waals surface area contributed by atoms with Crippen molar-refractivity contribution in [1.82, 2.24) is 0 Å². The fraction of sp³-hybridized carbons (Fsp3) is 0.273. The van der Waals surface area contributed by atoms with Crippen molar-refractivity contribution in [2.24, 2.45) is 0 Å². The summed E-state index contributed by atoms with van der Waals surface area (Å²) in [6.45, 7) is 2.21. The molecule has 0 saturated carbocycles. The van der Waals surface area contributed by atoms with Crippen LogP contribution in [0, 0.1) is 0 Å². The van der Waals surface area contributed by atoms with E-state index >= 15 is 0 Å². The zero-order valence-electron chi connectivity index (χ0n) is 9.06. The van der Waals surface area contributed by atoms with E-state index in [1.165, 1.54) is 19.6 Å². The van der Waals surface area contributed by atoms with Crippen molar-refractivity contribution < 1.29 is 23.5 Å². The van der Waals surface area contributed by atoms with E-state index in [9.17, 15) is 9.59 Å². The number of hydrogen-bond acceptors (Lipinski definition) is 5. The Kier molecular flexibility index (Phi) is 4.32. The number of rotatable bonds is 1. The smallest absolute Gasteiger partial charge is 0.341 e. The number of hydrogen-bond donors (Lipinski definition) is 0. The molecular weight excluding hydrogens is 212 g/mol. The van der Waals surface area contributed by atoms with Gasteiger partial charge in [-0.05, 0) is 19.1 Å². The van der Waals surface area contributed by atoms with E-state index in [-0.39, 0.29) is 11.9 Å². The molecule has 0 saturated heterocycles. The molecule has 0 aromatic carbocycles. The van der Waals surface area contributed by atoms with Gasteiger partial charge in [0.1, 0.15) is 12.9 Å². The maximum absolute atomic E-state index is 10.6. The summed E-state index contributed by atoms with van der Waals surface area (Å²) in [6, 6.07) is 1.55. The Hall–Kier alpha value is -2.04. The quantitative estimate of drug-likeness (QED) is 0.677. The molecule has 5 nitrogen and oxygen atoms in total. The normalized spacial score (nSPS) is 13.4. The van der Waals surface area contributed by atoms with Crippen molar-refractivity contribution in [3.63, 3.8) is 0 Å². The second kappa shape index (κ2) is 5.75. The molecule has 0 bridgehead atoms. The van der Waals surface area contributed by atoms with Crippen LogP contribution in [-0.4, -0.2) is 25.7 Å². The van der Waals surface area contributed by atoms with Gasteiger partial charge in [0, 0.05) is 5.57 Å². The Morgan fingerprint density at radius 3 is 2.56 bits per heavy atom. The van der Waals surface area contributed by atoms with Crippen molar-refractivity contribution in [1.29, 1.82) is 0 Å². The van der Waals surface area contributed by atoms with Crippen LogP contribution in [0.15, 0.2) is 34.7 Å². The average molecular weight is 224 g/mol. The van der Waals surface area contributed by atoms with E-state index in [0.29, 0.717) is 12.2 Å². The third-order valence-corrected chi connectivity index (χ3v) is 1.87. The molecule has 0 fully saturated rings. The lowest BCUT2D eigenvalue weighted by Crippen LogP contribution is -1.97. The van der Waals surface area contributed by atoms with Crippen LogP contribution >= 0.6 is 0 Å². The maximum Gasteiger partial charge on any atom is 0.341 e. The monoisotopic (exact) mass is 224 g/mol. The Morgan fingerprint density at radius 1 is 1.50 bits per heavy atom. The van der Waals surface area contributed by atoms with E-state index in [4.69, 9.17) is 0 Å². The Morgan fingerprint density at radius 2 is 2.25 bits per heavy atom. The van der Waals surface area contributed by atoms with Gasteiger partial charge in [-0.2, -0.15) is 0 Å². The lowest BCUT2D eigenvalue weighted by molar-refractivity contribution is -0.135. The molecule has 0 amide bonds. The van der Waals surface area contributed by atoms with Crippen LogP contribution in [0.1, 0.15) is 17.3 Å². The molecule has 2 heterocycles. The first-order valence-electron chi connectivity index (χ1n) is 4.59. The first-order chi connectivity index (χ1) is 7.65. The average Bonchev–Trinajstić information content (AvgIpc) is 2.92. The zero-order valence-corrected chi connectivity index (χ0v) is 9.06. The van der Waals surface area contributed by atoms with Gasteiger partial charge in [-0.25, -0.2) is 9.59 Å². The summed E-state index contributed by atoms with van der Waals surface area (Å²) in [5.74, 6) is -0.552. The van der Waals surface area contributed by atoms with Crippen LogP contribution in [0.5, 0.6) is 0 Å². The first kappa shape index (κ1) is 12.0. The molecule has 0 radical (unpaired) electrons. The van der Waals surface area contributed by atoms with E-state index < -0.39 is 0 Å². The first-order valence-corrected chi connectivity index (χ1v) is 4.59. The van der Waals surface area contributed by atoms with E-state index in [0.717, 1.165) is 5.57 Å². The molecule has 0 spiro atoms. The minimum absolute atomic E-state index is 0.181. The highest BCUT2D eigenvalue weighted by atomic mass is 16.5. The van der Waals surface area contributed by atoms with Crippen molar-refractivity contribution in [3.8, 4) is 0 Å². The summed E-state index contributed by atoms with van der Waals surface area (Å²) in [5.41, 5.74) is 1.16. The second-order valence-electron chi connectivity index (χ2n) is 2.99. The van der Waals surface area contributed by atoms with Gasteiger partial charge < -0.3 is 13.9 Å². The molecule has 0 unspecified atom stereocenters. The van der Waals surface area contributed by atoms with Gasteiger partial charge in [-0.15, -0.1) is 0 Å². The molecule has 16 heavy (non-hydrogen) atoms. The lowest BCUT2D eigenvalue weighted by atomic mass is 10.3. The minimum atomic E-state index is -0.372. The summed E-state index contributed by atoms with van der Waals surface area (Å²) in [6.07, 6.45) is 4.53. The number of cyclic esters (lactones) is 1. The lowest BCUT2D eigenvalue weighted by Gasteiger charge is -1.89. The number of ether oxygens (including phenoxy) is 2. The molecule has 1 aliphatic rings. The topological polar surface area (TPSA) is 65.7 Å². The molecule has 0 aliphatic carbocycles. The molecule has 1 aromatic rings. The fourth-order valence-corrected chi connectivity index (χ4v) is 0.938. The Bertz CT molecular complexity index is 389. The summed E-state index contributed by atoms with van der Waals surface area (Å²) in [4.78, 5) is 20.9. The fourth-order valence-electron chi connectivity index (χ4n) is 0.938. The largest absolute Gasteiger partial charge is 0.472 e. The van der Waals surface area contributed by atoms with Crippen LogP contribution in [0.3, 0.4) is 0 Å². The number of furan rings is 1. The molecule has 5 heteroatoms. The minimum Gasteiger partial charge on any atom is -0.472 e. The van der Waals surface area contributed by atoms with Crippen molar-refractivity contribution in [3.05, 3.63) is 35.8 Å². The highest BCUT2D eigenvalue weighted by Crippen LogP contribution is 2.03. The summed E-state index contributed by atoms with van der Waals surface area (Å²) >= 11 is 0. The van der Waals surface area contributed by atoms with Gasteiger partial charge >= 0.3 is 11.9 Å². The van der Waals surface area contributed by atoms with Gasteiger partial charge in [0.2, 0.25) is 0 Å². The Labute approximate surface area is 92.6 Å². The van der Waals surface area contributed by atoms with Crippen LogP contribution in [0.2, 0.25) is 0 Å². The van der Waals surface area contributed by atoms with Gasteiger partial charge in [0.15, 0.2) is 0 Å². The number of carbonyl (C=O) groups excluding carboxylic acids is 2. The van der Waals surface area contributed by atoms with Gasteiger partial charge in [-0.1, -0.05) is 0 Å². The van der Waals surface area contributed by atoms with Gasteiger partial charge in [0.25, 0.3) is 0 Å². The van der Waals surface area contributed by atoms with Crippen LogP contribution < -0.4 is 0 Å². The molecule has 86 valence electrons. The molecule has 0 N–H and O–H groups in total. The summed E-state index contributed by atoms with van der Waals surface area (Å²) in [5, 5.41) is 0. The maximum atomic E-state index is 10.6. The highest BCUT2D eigenvalue weighted by molar-refractivity contribution is 5.89. The summed E-state index contributed by atoms with van der Waals surface area (Å²) < 4.78 is 13.6. The molecule has 1 aliphatic heterocycles. The Balaban J connectivity index is 0.000000165. The highest BCUT2D eigenvalue weighted by Gasteiger charge is 2.09.